The number of benzene rings is 8. The number of hydrogen-bond acceptors (Lipinski definition) is 1. The third kappa shape index (κ3) is 5.36. The zero-order valence-electron chi connectivity index (χ0n) is 33.6. The van der Waals surface area contributed by atoms with Crippen molar-refractivity contribution >= 4 is 38.6 Å². The number of hydrogen-bond donors (Lipinski definition) is 0. The predicted octanol–water partition coefficient (Wildman–Crippen LogP) is 15.6. The van der Waals surface area contributed by atoms with E-state index in [-0.39, 0.29) is 5.41 Å². The summed E-state index contributed by atoms with van der Waals surface area (Å²) in [5.41, 5.74) is 16.0. The monoisotopic (exact) mass is 747 g/mol. The van der Waals surface area contributed by atoms with Gasteiger partial charge in [-0.15, -0.1) is 0 Å². The smallest absolute Gasteiger partial charge is 0.0540 e. The first kappa shape index (κ1) is 34.1. The first-order chi connectivity index (χ1) is 28.4. The van der Waals surface area contributed by atoms with E-state index in [4.69, 9.17) is 0 Å². The van der Waals surface area contributed by atoms with Gasteiger partial charge >= 0.3 is 0 Å². The van der Waals surface area contributed by atoms with Crippen LogP contribution < -0.4 is 4.90 Å². The van der Waals surface area contributed by atoms with Gasteiger partial charge in [-0.25, -0.2) is 0 Å². The third-order valence-electron chi connectivity index (χ3n) is 15.0. The minimum absolute atomic E-state index is 0.153. The summed E-state index contributed by atoms with van der Waals surface area (Å²) in [6.45, 7) is 4.84. The lowest BCUT2D eigenvalue weighted by Crippen LogP contribution is -2.48. The van der Waals surface area contributed by atoms with Crippen molar-refractivity contribution in [2.75, 3.05) is 4.90 Å². The highest BCUT2D eigenvalue weighted by molar-refractivity contribution is 5.99. The van der Waals surface area contributed by atoms with Gasteiger partial charge in [0.05, 0.1) is 5.69 Å². The Labute approximate surface area is 343 Å². The fraction of sp³-hybridized carbons (Fsp3) is 0.228. The van der Waals surface area contributed by atoms with Crippen molar-refractivity contribution in [3.05, 3.63) is 187 Å². The number of fused-ring (bicyclic) bond motifs is 5. The van der Waals surface area contributed by atoms with E-state index >= 15 is 0 Å². The van der Waals surface area contributed by atoms with Gasteiger partial charge in [-0.2, -0.15) is 0 Å². The Bertz CT molecular complexity index is 2850. The van der Waals surface area contributed by atoms with E-state index in [0.717, 1.165) is 23.4 Å². The van der Waals surface area contributed by atoms with Crippen LogP contribution in [0.1, 0.15) is 69.1 Å². The van der Waals surface area contributed by atoms with Crippen LogP contribution in [0.2, 0.25) is 0 Å². The van der Waals surface area contributed by atoms with Crippen LogP contribution in [-0.4, -0.2) is 0 Å². The minimum atomic E-state index is -0.153. The average Bonchev–Trinajstić information content (AvgIpc) is 3.48. The number of rotatable bonds is 6. The Morgan fingerprint density at radius 1 is 0.431 bits per heavy atom. The molecule has 0 spiro atoms. The van der Waals surface area contributed by atoms with Gasteiger partial charge in [-0.05, 0) is 170 Å². The molecule has 0 N–H and O–H groups in total. The van der Waals surface area contributed by atoms with E-state index in [2.05, 4.69) is 189 Å². The summed E-state index contributed by atoms with van der Waals surface area (Å²) in [5.74, 6) is 2.90. The van der Waals surface area contributed by atoms with Crippen molar-refractivity contribution in [3.63, 3.8) is 0 Å². The van der Waals surface area contributed by atoms with E-state index in [9.17, 15) is 0 Å². The molecule has 5 aliphatic carbocycles. The molecule has 1 heteroatoms. The summed E-state index contributed by atoms with van der Waals surface area (Å²) in [6, 6.07) is 64.2. The molecule has 5 aliphatic rings. The van der Waals surface area contributed by atoms with Crippen LogP contribution in [0.25, 0.3) is 54.9 Å². The summed E-state index contributed by atoms with van der Waals surface area (Å²) in [5, 5.41) is 5.01. The van der Waals surface area contributed by atoms with E-state index in [1.165, 1.54) is 116 Å². The van der Waals surface area contributed by atoms with Crippen LogP contribution in [0.4, 0.5) is 17.1 Å². The summed E-state index contributed by atoms with van der Waals surface area (Å²) in [6.07, 6.45) is 8.73. The molecule has 0 radical (unpaired) electrons. The standard InChI is InChI=1S/C57H49N/c1-56(2)53-32-46(41-16-21-47(22-17-41)57-34-37-28-38(35-57)30-39(29-37)36-57)20-26-51(53)52-27-25-49(33-54(52)56)58(55-13-7-11-43-9-5-6-12-50(43)55)48-23-18-42(19-24-48)45-15-14-40-8-3-4-10-44(40)31-45/h3-27,31-33,37-39H,28-30,34-36H2,1-2H3. The highest BCUT2D eigenvalue weighted by Crippen LogP contribution is 2.61. The molecule has 0 unspecified atom stereocenters. The Hall–Kier alpha value is -5.92. The van der Waals surface area contributed by atoms with Crippen molar-refractivity contribution < 1.29 is 0 Å². The maximum Gasteiger partial charge on any atom is 0.0540 e. The number of anilines is 3. The van der Waals surface area contributed by atoms with Gasteiger partial charge in [0.1, 0.15) is 0 Å². The largest absolute Gasteiger partial charge is 0.310 e. The van der Waals surface area contributed by atoms with Crippen LogP contribution in [-0.2, 0) is 10.8 Å². The SMILES string of the molecule is CC1(C)c2cc(-c3ccc(C45CC6CC(CC(C6)C4)C5)cc3)ccc2-c2ccc(N(c3ccc(-c4ccc5ccccc5c4)cc3)c3cccc4ccccc34)cc21. The summed E-state index contributed by atoms with van der Waals surface area (Å²) < 4.78 is 0. The van der Waals surface area contributed by atoms with Crippen LogP contribution in [0, 0.1) is 17.8 Å². The molecule has 282 valence electrons. The van der Waals surface area contributed by atoms with Crippen molar-refractivity contribution in [1.29, 1.82) is 0 Å². The lowest BCUT2D eigenvalue weighted by molar-refractivity contribution is -0.00518. The Balaban J connectivity index is 0.903. The van der Waals surface area contributed by atoms with Gasteiger partial charge in [0, 0.05) is 22.2 Å². The first-order valence-electron chi connectivity index (χ1n) is 21.7. The van der Waals surface area contributed by atoms with Crippen LogP contribution in [0.5, 0.6) is 0 Å². The van der Waals surface area contributed by atoms with E-state index in [0.29, 0.717) is 5.41 Å². The van der Waals surface area contributed by atoms with Gasteiger partial charge in [-0.1, -0.05) is 141 Å². The normalized spacial score (nSPS) is 22.3. The summed E-state index contributed by atoms with van der Waals surface area (Å²) in [7, 11) is 0. The molecular formula is C57H49N. The Morgan fingerprint density at radius 2 is 0.966 bits per heavy atom. The molecular weight excluding hydrogens is 699 g/mol. The fourth-order valence-corrected chi connectivity index (χ4v) is 12.5. The van der Waals surface area contributed by atoms with Gasteiger partial charge in [0.25, 0.3) is 0 Å². The molecule has 13 rings (SSSR count). The van der Waals surface area contributed by atoms with E-state index < -0.39 is 0 Å². The van der Waals surface area contributed by atoms with Crippen molar-refractivity contribution in [2.45, 2.75) is 63.2 Å². The fourth-order valence-electron chi connectivity index (χ4n) is 12.5. The van der Waals surface area contributed by atoms with Crippen LogP contribution >= 0.6 is 0 Å². The van der Waals surface area contributed by atoms with Crippen LogP contribution in [0.3, 0.4) is 0 Å². The molecule has 0 aliphatic heterocycles. The zero-order valence-corrected chi connectivity index (χ0v) is 33.6. The molecule has 1 nitrogen and oxygen atoms in total. The molecule has 4 fully saturated rings. The maximum absolute atomic E-state index is 2.50. The van der Waals surface area contributed by atoms with Crippen LogP contribution in [0.15, 0.2) is 170 Å². The molecule has 0 aromatic heterocycles. The van der Waals surface area contributed by atoms with Gasteiger partial charge in [0.15, 0.2) is 0 Å². The zero-order chi connectivity index (χ0) is 38.6. The average molecular weight is 748 g/mol. The van der Waals surface area contributed by atoms with Gasteiger partial charge < -0.3 is 4.90 Å². The first-order valence-corrected chi connectivity index (χ1v) is 21.7. The molecule has 0 saturated heterocycles. The molecule has 0 atom stereocenters. The highest BCUT2D eigenvalue weighted by Gasteiger charge is 2.51. The Kier molecular flexibility index (Phi) is 7.53. The van der Waals surface area contributed by atoms with Crippen molar-refractivity contribution in [3.8, 4) is 33.4 Å². The third-order valence-corrected chi connectivity index (χ3v) is 15.0. The van der Waals surface area contributed by atoms with Crippen molar-refractivity contribution in [2.24, 2.45) is 17.8 Å². The van der Waals surface area contributed by atoms with E-state index in [1.807, 2.05) is 0 Å². The lowest BCUT2D eigenvalue weighted by Gasteiger charge is -2.57. The minimum Gasteiger partial charge on any atom is -0.310 e. The molecule has 58 heavy (non-hydrogen) atoms. The predicted molar refractivity (Wildman–Crippen MR) is 244 cm³/mol. The summed E-state index contributed by atoms with van der Waals surface area (Å²) >= 11 is 0. The quantitative estimate of drug-likeness (QED) is 0.164. The second kappa shape index (κ2) is 12.8. The second-order valence-corrected chi connectivity index (χ2v) is 18.8. The van der Waals surface area contributed by atoms with Gasteiger partial charge in [-0.3, -0.25) is 0 Å². The molecule has 0 heterocycles. The second-order valence-electron chi connectivity index (χ2n) is 18.8. The molecule has 0 amide bonds. The highest BCUT2D eigenvalue weighted by atomic mass is 15.1. The molecule has 4 bridgehead atoms. The van der Waals surface area contributed by atoms with Gasteiger partial charge in [0.2, 0.25) is 0 Å². The lowest BCUT2D eigenvalue weighted by atomic mass is 9.48. The summed E-state index contributed by atoms with van der Waals surface area (Å²) in [4.78, 5) is 2.46. The topological polar surface area (TPSA) is 3.24 Å². The maximum atomic E-state index is 2.50. The Morgan fingerprint density at radius 3 is 1.69 bits per heavy atom. The molecule has 8 aromatic rings. The molecule has 8 aromatic carbocycles. The van der Waals surface area contributed by atoms with Crippen molar-refractivity contribution in [1.82, 2.24) is 0 Å². The molecule has 4 saturated carbocycles. The van der Waals surface area contributed by atoms with E-state index in [1.54, 1.807) is 5.56 Å². The number of nitrogens with zero attached hydrogens (tertiary/aromatic N) is 1.